The SMILES string of the molecule is COc1ccc(CNc2nnc(SCC(=O)N(C)Cc3cccs3)s2)cc1. The van der Waals surface area contributed by atoms with Gasteiger partial charge < -0.3 is 15.0 Å². The van der Waals surface area contributed by atoms with E-state index < -0.39 is 0 Å². The topological polar surface area (TPSA) is 67.3 Å². The van der Waals surface area contributed by atoms with E-state index in [-0.39, 0.29) is 5.91 Å². The Labute approximate surface area is 170 Å². The predicted molar refractivity (Wildman–Crippen MR) is 112 cm³/mol. The van der Waals surface area contributed by atoms with Gasteiger partial charge in [-0.3, -0.25) is 4.79 Å². The van der Waals surface area contributed by atoms with Crippen molar-refractivity contribution < 1.29 is 9.53 Å². The van der Waals surface area contributed by atoms with E-state index in [0.717, 1.165) is 20.8 Å². The number of hydrogen-bond acceptors (Lipinski definition) is 8. The number of ether oxygens (including phenoxy) is 1. The van der Waals surface area contributed by atoms with Gasteiger partial charge in [-0.05, 0) is 29.1 Å². The summed E-state index contributed by atoms with van der Waals surface area (Å²) in [6.45, 7) is 1.30. The van der Waals surface area contributed by atoms with E-state index >= 15 is 0 Å². The summed E-state index contributed by atoms with van der Waals surface area (Å²) in [6, 6.07) is 11.9. The fraction of sp³-hybridized carbons (Fsp3) is 0.278. The van der Waals surface area contributed by atoms with Crippen LogP contribution in [0.3, 0.4) is 0 Å². The lowest BCUT2D eigenvalue weighted by atomic mass is 10.2. The van der Waals surface area contributed by atoms with E-state index in [9.17, 15) is 4.79 Å². The van der Waals surface area contributed by atoms with Gasteiger partial charge in [0.25, 0.3) is 0 Å². The molecule has 3 aromatic rings. The maximum absolute atomic E-state index is 12.3. The number of thiophene rings is 1. The minimum Gasteiger partial charge on any atom is -0.497 e. The molecule has 2 aromatic heterocycles. The second-order valence-electron chi connectivity index (χ2n) is 5.69. The third-order valence-corrected chi connectivity index (χ3v) is 6.59. The van der Waals surface area contributed by atoms with Crippen LogP contribution in [0.25, 0.3) is 0 Å². The van der Waals surface area contributed by atoms with E-state index in [1.807, 2.05) is 48.8 Å². The first-order valence-electron chi connectivity index (χ1n) is 8.23. The number of nitrogens with one attached hydrogen (secondary N) is 1. The lowest BCUT2D eigenvalue weighted by Gasteiger charge is -2.15. The molecule has 1 N–H and O–H groups in total. The van der Waals surface area contributed by atoms with Crippen molar-refractivity contribution in [2.24, 2.45) is 0 Å². The number of methoxy groups -OCH3 is 1. The lowest BCUT2D eigenvalue weighted by molar-refractivity contribution is -0.127. The van der Waals surface area contributed by atoms with Gasteiger partial charge in [-0.1, -0.05) is 41.3 Å². The number of rotatable bonds is 9. The monoisotopic (exact) mass is 420 g/mol. The number of carbonyl (C=O) groups excluding carboxylic acids is 1. The summed E-state index contributed by atoms with van der Waals surface area (Å²) < 4.78 is 5.94. The summed E-state index contributed by atoms with van der Waals surface area (Å²) in [4.78, 5) is 15.2. The minimum absolute atomic E-state index is 0.0799. The zero-order chi connectivity index (χ0) is 19.1. The second kappa shape index (κ2) is 9.72. The molecule has 0 aliphatic heterocycles. The summed E-state index contributed by atoms with van der Waals surface area (Å²) in [5.41, 5.74) is 1.13. The smallest absolute Gasteiger partial charge is 0.233 e. The Morgan fingerprint density at radius 1 is 1.26 bits per heavy atom. The molecule has 1 aromatic carbocycles. The van der Waals surface area contributed by atoms with E-state index in [1.54, 1.807) is 23.3 Å². The summed E-state index contributed by atoms with van der Waals surface area (Å²) in [7, 11) is 3.48. The molecule has 0 fully saturated rings. The lowest BCUT2D eigenvalue weighted by Crippen LogP contribution is -2.27. The standard InChI is InChI=1S/C18H20N4O2S3/c1-22(11-15-4-3-9-25-15)16(23)12-26-18-21-20-17(27-18)19-10-13-5-7-14(24-2)8-6-13/h3-9H,10-12H2,1-2H3,(H,19,20). The Bertz CT molecular complexity index is 850. The molecule has 1 amide bonds. The molecule has 0 bridgehead atoms. The van der Waals surface area contributed by atoms with Crippen LogP contribution in [0.5, 0.6) is 5.75 Å². The van der Waals surface area contributed by atoms with Crippen LogP contribution in [-0.4, -0.2) is 40.9 Å². The largest absolute Gasteiger partial charge is 0.497 e. The number of hydrogen-bond donors (Lipinski definition) is 1. The van der Waals surface area contributed by atoms with Crippen molar-refractivity contribution in [3.05, 3.63) is 52.2 Å². The molecule has 0 radical (unpaired) electrons. The highest BCUT2D eigenvalue weighted by atomic mass is 32.2. The van der Waals surface area contributed by atoms with Crippen molar-refractivity contribution in [3.63, 3.8) is 0 Å². The quantitative estimate of drug-likeness (QED) is 0.528. The van der Waals surface area contributed by atoms with Gasteiger partial charge >= 0.3 is 0 Å². The first kappa shape index (κ1) is 19.7. The van der Waals surface area contributed by atoms with Crippen molar-refractivity contribution in [2.45, 2.75) is 17.4 Å². The molecule has 0 saturated heterocycles. The molecule has 2 heterocycles. The second-order valence-corrected chi connectivity index (χ2v) is 8.92. The minimum atomic E-state index is 0.0799. The first-order valence-corrected chi connectivity index (χ1v) is 10.9. The van der Waals surface area contributed by atoms with Gasteiger partial charge in [0.2, 0.25) is 11.0 Å². The average Bonchev–Trinajstić information content (AvgIpc) is 3.36. The third kappa shape index (κ3) is 5.95. The van der Waals surface area contributed by atoms with Crippen molar-refractivity contribution in [1.82, 2.24) is 15.1 Å². The molecule has 0 atom stereocenters. The molecular formula is C18H20N4O2S3. The van der Waals surface area contributed by atoms with Crippen LogP contribution >= 0.6 is 34.4 Å². The summed E-state index contributed by atoms with van der Waals surface area (Å²) >= 11 is 4.53. The van der Waals surface area contributed by atoms with Crippen LogP contribution in [0, 0.1) is 0 Å². The highest BCUT2D eigenvalue weighted by molar-refractivity contribution is 8.01. The first-order chi connectivity index (χ1) is 13.1. The highest BCUT2D eigenvalue weighted by Gasteiger charge is 2.12. The maximum Gasteiger partial charge on any atom is 0.233 e. The van der Waals surface area contributed by atoms with E-state index in [0.29, 0.717) is 18.8 Å². The Morgan fingerprint density at radius 2 is 2.07 bits per heavy atom. The van der Waals surface area contributed by atoms with Crippen LogP contribution in [0.4, 0.5) is 5.13 Å². The van der Waals surface area contributed by atoms with Crippen LogP contribution in [0.15, 0.2) is 46.1 Å². The zero-order valence-corrected chi connectivity index (χ0v) is 17.5. The van der Waals surface area contributed by atoms with Crippen molar-refractivity contribution in [3.8, 4) is 5.75 Å². The number of carbonyl (C=O) groups is 1. The van der Waals surface area contributed by atoms with E-state index in [4.69, 9.17) is 4.74 Å². The van der Waals surface area contributed by atoms with Crippen LogP contribution in [0.1, 0.15) is 10.4 Å². The molecular weight excluding hydrogens is 400 g/mol. The molecule has 27 heavy (non-hydrogen) atoms. The van der Waals surface area contributed by atoms with Gasteiger partial charge in [-0.25, -0.2) is 0 Å². The Kier molecular flexibility index (Phi) is 7.08. The Balaban J connectivity index is 1.43. The number of nitrogens with zero attached hydrogens (tertiary/aromatic N) is 3. The molecule has 0 unspecified atom stereocenters. The molecule has 0 aliphatic carbocycles. The molecule has 3 rings (SSSR count). The number of benzene rings is 1. The maximum atomic E-state index is 12.3. The van der Waals surface area contributed by atoms with Gasteiger partial charge in [-0.15, -0.1) is 21.5 Å². The van der Waals surface area contributed by atoms with E-state index in [1.165, 1.54) is 28.0 Å². The number of anilines is 1. The van der Waals surface area contributed by atoms with Crippen LogP contribution < -0.4 is 10.1 Å². The molecule has 142 valence electrons. The molecule has 6 nitrogen and oxygen atoms in total. The summed E-state index contributed by atoms with van der Waals surface area (Å²) in [6.07, 6.45) is 0. The van der Waals surface area contributed by atoms with Crippen molar-refractivity contribution >= 4 is 45.5 Å². The fourth-order valence-electron chi connectivity index (χ4n) is 2.22. The van der Waals surface area contributed by atoms with Gasteiger partial charge in [0.05, 0.1) is 19.4 Å². The summed E-state index contributed by atoms with van der Waals surface area (Å²) in [5.74, 6) is 1.27. The normalized spacial score (nSPS) is 10.6. The average molecular weight is 421 g/mol. The molecule has 0 aliphatic rings. The van der Waals surface area contributed by atoms with Gasteiger partial charge in [0, 0.05) is 18.5 Å². The Morgan fingerprint density at radius 3 is 2.78 bits per heavy atom. The van der Waals surface area contributed by atoms with Crippen LogP contribution in [-0.2, 0) is 17.9 Å². The predicted octanol–water partition coefficient (Wildman–Crippen LogP) is 3.97. The molecule has 0 spiro atoms. The zero-order valence-electron chi connectivity index (χ0n) is 15.0. The highest BCUT2D eigenvalue weighted by Crippen LogP contribution is 2.26. The molecule has 9 heteroatoms. The fourth-order valence-corrected chi connectivity index (χ4v) is 4.66. The number of thioether (sulfide) groups is 1. The van der Waals surface area contributed by atoms with Gasteiger partial charge in [-0.2, -0.15) is 0 Å². The summed E-state index contributed by atoms with van der Waals surface area (Å²) in [5, 5.41) is 14.3. The number of amides is 1. The van der Waals surface area contributed by atoms with Crippen molar-refractivity contribution in [2.75, 3.05) is 25.2 Å². The van der Waals surface area contributed by atoms with Crippen molar-refractivity contribution in [1.29, 1.82) is 0 Å². The van der Waals surface area contributed by atoms with E-state index in [2.05, 4.69) is 15.5 Å². The van der Waals surface area contributed by atoms with Gasteiger partial charge in [0.15, 0.2) is 4.34 Å². The Hall–Kier alpha value is -2.10. The third-order valence-electron chi connectivity index (χ3n) is 3.73. The molecule has 0 saturated carbocycles. The van der Waals surface area contributed by atoms with Gasteiger partial charge in [0.1, 0.15) is 5.75 Å². The van der Waals surface area contributed by atoms with Crippen LogP contribution in [0.2, 0.25) is 0 Å². The number of aromatic nitrogens is 2.